The van der Waals surface area contributed by atoms with Gasteiger partial charge in [-0.1, -0.05) is 61.2 Å². The van der Waals surface area contributed by atoms with Gasteiger partial charge in [-0.15, -0.1) is 0 Å². The van der Waals surface area contributed by atoms with Gasteiger partial charge in [-0.2, -0.15) is 0 Å². The molecule has 19 heavy (non-hydrogen) atoms. The molecule has 0 radical (unpaired) electrons. The summed E-state index contributed by atoms with van der Waals surface area (Å²) in [7, 11) is 0. The predicted molar refractivity (Wildman–Crippen MR) is 78.9 cm³/mol. The van der Waals surface area contributed by atoms with Gasteiger partial charge in [0.05, 0.1) is 11.3 Å². The van der Waals surface area contributed by atoms with Crippen LogP contribution in [0.2, 0.25) is 0 Å². The molecule has 0 amide bonds. The van der Waals surface area contributed by atoms with Gasteiger partial charge in [-0.25, -0.2) is 0 Å². The number of hydrogen-bond donors (Lipinski definition) is 1. The lowest BCUT2D eigenvalue weighted by molar-refractivity contribution is 0.426. The second-order valence-corrected chi connectivity index (χ2v) is 5.05. The fourth-order valence-electron chi connectivity index (χ4n) is 2.26. The Hall–Kier alpha value is -1.77. The van der Waals surface area contributed by atoms with E-state index in [9.17, 15) is 0 Å². The molecule has 0 aliphatic carbocycles. The molecule has 1 heterocycles. The van der Waals surface area contributed by atoms with Gasteiger partial charge in [-0.3, -0.25) is 0 Å². The van der Waals surface area contributed by atoms with Crippen LogP contribution >= 0.6 is 0 Å². The second kappa shape index (κ2) is 6.41. The lowest BCUT2D eigenvalue weighted by atomic mass is 10.0. The number of nitrogens with two attached hydrogens (primary N) is 1. The van der Waals surface area contributed by atoms with Crippen molar-refractivity contribution in [2.75, 3.05) is 5.73 Å². The SMILES string of the molecule is CCCCCCc1noc(N)c1-c1ccc(C)cc1. The first-order chi connectivity index (χ1) is 9.22. The van der Waals surface area contributed by atoms with Crippen molar-refractivity contribution in [2.45, 2.75) is 46.0 Å². The lowest BCUT2D eigenvalue weighted by Crippen LogP contribution is -1.92. The predicted octanol–water partition coefficient (Wildman–Crippen LogP) is 4.36. The molecule has 0 bridgehead atoms. The average molecular weight is 258 g/mol. The van der Waals surface area contributed by atoms with E-state index in [1.54, 1.807) is 0 Å². The van der Waals surface area contributed by atoms with Crippen molar-refractivity contribution < 1.29 is 4.52 Å². The van der Waals surface area contributed by atoms with E-state index in [-0.39, 0.29) is 0 Å². The first-order valence-electron chi connectivity index (χ1n) is 7.03. The summed E-state index contributed by atoms with van der Waals surface area (Å²) in [6, 6.07) is 8.33. The summed E-state index contributed by atoms with van der Waals surface area (Å²) in [6.45, 7) is 4.29. The molecule has 0 aliphatic rings. The maximum Gasteiger partial charge on any atom is 0.230 e. The van der Waals surface area contributed by atoms with Crippen LogP contribution in [0.15, 0.2) is 28.8 Å². The molecule has 0 saturated carbocycles. The van der Waals surface area contributed by atoms with Gasteiger partial charge in [0.1, 0.15) is 0 Å². The highest BCUT2D eigenvalue weighted by molar-refractivity contribution is 5.75. The van der Waals surface area contributed by atoms with Crippen molar-refractivity contribution in [3.8, 4) is 11.1 Å². The van der Waals surface area contributed by atoms with E-state index < -0.39 is 0 Å². The number of aryl methyl sites for hydroxylation is 2. The van der Waals surface area contributed by atoms with Crippen LogP contribution in [0.4, 0.5) is 5.88 Å². The van der Waals surface area contributed by atoms with Crippen LogP contribution in [-0.4, -0.2) is 5.16 Å². The first-order valence-corrected chi connectivity index (χ1v) is 7.03. The molecular weight excluding hydrogens is 236 g/mol. The summed E-state index contributed by atoms with van der Waals surface area (Å²) in [5, 5.41) is 4.11. The summed E-state index contributed by atoms with van der Waals surface area (Å²) >= 11 is 0. The third kappa shape index (κ3) is 3.37. The highest BCUT2D eigenvalue weighted by Crippen LogP contribution is 2.30. The topological polar surface area (TPSA) is 52.0 Å². The maximum atomic E-state index is 5.91. The number of anilines is 1. The Balaban J connectivity index is 2.15. The molecule has 0 atom stereocenters. The van der Waals surface area contributed by atoms with Crippen LogP contribution in [0.5, 0.6) is 0 Å². The molecule has 1 aromatic carbocycles. The fourth-order valence-corrected chi connectivity index (χ4v) is 2.26. The molecule has 2 aromatic rings. The minimum absolute atomic E-state index is 0.425. The van der Waals surface area contributed by atoms with Gasteiger partial charge < -0.3 is 10.3 Å². The Kier molecular flexibility index (Phi) is 4.61. The quantitative estimate of drug-likeness (QED) is 0.783. The molecule has 0 fully saturated rings. The minimum atomic E-state index is 0.425. The van der Waals surface area contributed by atoms with Crippen molar-refractivity contribution >= 4 is 5.88 Å². The van der Waals surface area contributed by atoms with Gasteiger partial charge in [0.15, 0.2) is 0 Å². The van der Waals surface area contributed by atoms with Gasteiger partial charge in [0.2, 0.25) is 5.88 Å². The van der Waals surface area contributed by atoms with E-state index in [0.717, 1.165) is 29.7 Å². The Bertz CT molecular complexity index is 514. The molecule has 2 N–H and O–H groups in total. The van der Waals surface area contributed by atoms with Crippen molar-refractivity contribution in [1.29, 1.82) is 0 Å². The summed E-state index contributed by atoms with van der Waals surface area (Å²) < 4.78 is 5.17. The van der Waals surface area contributed by atoms with Gasteiger partial charge in [0.25, 0.3) is 0 Å². The van der Waals surface area contributed by atoms with Crippen molar-refractivity contribution in [3.05, 3.63) is 35.5 Å². The molecule has 3 nitrogen and oxygen atoms in total. The number of unbranched alkanes of at least 4 members (excludes halogenated alkanes) is 3. The van der Waals surface area contributed by atoms with Crippen LogP contribution in [-0.2, 0) is 6.42 Å². The molecule has 3 heteroatoms. The number of benzene rings is 1. The Morgan fingerprint density at radius 1 is 1.11 bits per heavy atom. The van der Waals surface area contributed by atoms with E-state index in [4.69, 9.17) is 10.3 Å². The first kappa shape index (κ1) is 13.7. The van der Waals surface area contributed by atoms with E-state index in [2.05, 4.69) is 43.3 Å². The summed E-state index contributed by atoms with van der Waals surface area (Å²) in [4.78, 5) is 0. The zero-order chi connectivity index (χ0) is 13.7. The van der Waals surface area contributed by atoms with Crippen LogP contribution in [0.25, 0.3) is 11.1 Å². The van der Waals surface area contributed by atoms with Gasteiger partial charge >= 0.3 is 0 Å². The normalized spacial score (nSPS) is 10.8. The fraction of sp³-hybridized carbons (Fsp3) is 0.438. The van der Waals surface area contributed by atoms with E-state index >= 15 is 0 Å². The Morgan fingerprint density at radius 2 is 1.84 bits per heavy atom. The number of nitrogens with zero attached hydrogens (tertiary/aromatic N) is 1. The standard InChI is InChI=1S/C16H22N2O/c1-3-4-5-6-7-14-15(16(17)19-18-14)13-10-8-12(2)9-11-13/h8-11H,3-7,17H2,1-2H3. The number of rotatable bonds is 6. The van der Waals surface area contributed by atoms with E-state index in [0.29, 0.717) is 5.88 Å². The van der Waals surface area contributed by atoms with Crippen LogP contribution in [0, 0.1) is 6.92 Å². The highest BCUT2D eigenvalue weighted by Gasteiger charge is 2.15. The zero-order valence-corrected chi connectivity index (χ0v) is 11.8. The molecule has 2 rings (SSSR count). The monoisotopic (exact) mass is 258 g/mol. The second-order valence-electron chi connectivity index (χ2n) is 5.05. The molecule has 0 spiro atoms. The largest absolute Gasteiger partial charge is 0.367 e. The molecular formula is C16H22N2O. The van der Waals surface area contributed by atoms with Crippen molar-refractivity contribution in [1.82, 2.24) is 5.16 Å². The van der Waals surface area contributed by atoms with E-state index in [1.807, 2.05) is 0 Å². The molecule has 1 aromatic heterocycles. The third-order valence-corrected chi connectivity index (χ3v) is 3.40. The average Bonchev–Trinajstić information content (AvgIpc) is 2.77. The van der Waals surface area contributed by atoms with Crippen molar-refractivity contribution in [2.24, 2.45) is 0 Å². The highest BCUT2D eigenvalue weighted by atomic mass is 16.5. The molecule has 0 aliphatic heterocycles. The molecule has 0 saturated heterocycles. The third-order valence-electron chi connectivity index (χ3n) is 3.40. The summed E-state index contributed by atoms with van der Waals surface area (Å²) in [6.07, 6.45) is 5.82. The lowest BCUT2D eigenvalue weighted by Gasteiger charge is -2.03. The van der Waals surface area contributed by atoms with E-state index in [1.165, 1.54) is 24.8 Å². The summed E-state index contributed by atoms with van der Waals surface area (Å²) in [5.41, 5.74) is 10.2. The minimum Gasteiger partial charge on any atom is -0.367 e. The van der Waals surface area contributed by atoms with Crippen LogP contribution < -0.4 is 5.73 Å². The maximum absolute atomic E-state index is 5.91. The number of aromatic nitrogens is 1. The van der Waals surface area contributed by atoms with Gasteiger partial charge in [-0.05, 0) is 25.3 Å². The van der Waals surface area contributed by atoms with Gasteiger partial charge in [0, 0.05) is 0 Å². The number of hydrogen-bond acceptors (Lipinski definition) is 3. The Labute approximate surface area is 114 Å². The summed E-state index contributed by atoms with van der Waals surface area (Å²) in [5.74, 6) is 0.425. The molecule has 102 valence electrons. The number of nitrogen functional groups attached to an aromatic ring is 1. The zero-order valence-electron chi connectivity index (χ0n) is 11.8. The van der Waals surface area contributed by atoms with Crippen LogP contribution in [0.3, 0.4) is 0 Å². The van der Waals surface area contributed by atoms with Crippen LogP contribution in [0.1, 0.15) is 43.9 Å². The Morgan fingerprint density at radius 3 is 2.53 bits per heavy atom. The smallest absolute Gasteiger partial charge is 0.230 e. The van der Waals surface area contributed by atoms with Crippen molar-refractivity contribution in [3.63, 3.8) is 0 Å². The molecule has 0 unspecified atom stereocenters.